The Kier molecular flexibility index (Phi) is 4.92. The zero-order valence-electron chi connectivity index (χ0n) is 12.1. The molecule has 1 aromatic rings. The molecule has 0 aliphatic carbocycles. The predicted molar refractivity (Wildman–Crippen MR) is 79.2 cm³/mol. The van der Waals surface area contributed by atoms with Gasteiger partial charge in [-0.3, -0.25) is 15.6 Å². The second-order valence-corrected chi connectivity index (χ2v) is 5.52. The van der Waals surface area contributed by atoms with Crippen molar-refractivity contribution in [2.45, 2.75) is 26.3 Å². The van der Waals surface area contributed by atoms with Crippen LogP contribution in [0.5, 0.6) is 0 Å². The zero-order chi connectivity index (χ0) is 14.5. The van der Waals surface area contributed by atoms with Gasteiger partial charge >= 0.3 is 0 Å². The van der Waals surface area contributed by atoms with Crippen molar-refractivity contribution in [3.63, 3.8) is 0 Å². The van der Waals surface area contributed by atoms with Crippen LogP contribution in [-0.4, -0.2) is 41.5 Å². The maximum Gasteiger partial charge on any atom is 0.255 e. The molecule has 1 saturated heterocycles. The van der Waals surface area contributed by atoms with Crippen LogP contribution in [0, 0.1) is 5.92 Å². The highest BCUT2D eigenvalue weighted by atomic mass is 16.1. The van der Waals surface area contributed by atoms with E-state index < -0.39 is 0 Å². The van der Waals surface area contributed by atoms with E-state index in [-0.39, 0.29) is 5.91 Å². The number of aromatic nitrogens is 1. The topological polar surface area (TPSA) is 83.3 Å². The maximum atomic E-state index is 12.1. The number of likely N-dealkylation sites (tertiary alicyclic amines) is 1. The fraction of sp³-hybridized carbons (Fsp3) is 0.571. The second-order valence-electron chi connectivity index (χ2n) is 5.52. The minimum absolute atomic E-state index is 0.131. The van der Waals surface area contributed by atoms with Crippen molar-refractivity contribution in [1.29, 1.82) is 0 Å². The lowest BCUT2D eigenvalue weighted by Crippen LogP contribution is -2.33. The largest absolute Gasteiger partial charge is 0.352 e. The van der Waals surface area contributed by atoms with E-state index in [1.54, 1.807) is 12.3 Å². The average molecular weight is 277 g/mol. The van der Waals surface area contributed by atoms with Crippen LogP contribution in [-0.2, 0) is 0 Å². The molecular formula is C14H23N5O. The molecule has 1 unspecified atom stereocenters. The predicted octanol–water partition coefficient (Wildman–Crippen LogP) is 0.827. The van der Waals surface area contributed by atoms with E-state index in [1.165, 1.54) is 6.20 Å². The van der Waals surface area contributed by atoms with Gasteiger partial charge in [-0.05, 0) is 38.8 Å². The number of hydrazine groups is 1. The van der Waals surface area contributed by atoms with E-state index in [4.69, 9.17) is 5.84 Å². The third-order valence-corrected chi connectivity index (χ3v) is 3.82. The Bertz CT molecular complexity index is 463. The maximum absolute atomic E-state index is 12.1. The summed E-state index contributed by atoms with van der Waals surface area (Å²) in [6.07, 6.45) is 4.26. The second kappa shape index (κ2) is 6.67. The first-order chi connectivity index (χ1) is 9.61. The number of anilines is 1. The van der Waals surface area contributed by atoms with Gasteiger partial charge in [-0.2, -0.15) is 0 Å². The highest BCUT2D eigenvalue weighted by Gasteiger charge is 2.24. The highest BCUT2D eigenvalue weighted by Crippen LogP contribution is 2.18. The highest BCUT2D eigenvalue weighted by molar-refractivity contribution is 5.99. The van der Waals surface area contributed by atoms with Gasteiger partial charge in [0, 0.05) is 31.5 Å². The molecule has 4 N–H and O–H groups in total. The number of hydrogen-bond donors (Lipinski definition) is 3. The molecule has 0 saturated carbocycles. The fourth-order valence-electron chi connectivity index (χ4n) is 2.53. The summed E-state index contributed by atoms with van der Waals surface area (Å²) in [5, 5.41) is 2.97. The zero-order valence-corrected chi connectivity index (χ0v) is 12.1. The van der Waals surface area contributed by atoms with Crippen LogP contribution >= 0.6 is 0 Å². The van der Waals surface area contributed by atoms with Gasteiger partial charge in [0.05, 0.1) is 11.3 Å². The Morgan fingerprint density at radius 2 is 2.40 bits per heavy atom. The first kappa shape index (κ1) is 14.7. The summed E-state index contributed by atoms with van der Waals surface area (Å²) in [6, 6.07) is 2.26. The van der Waals surface area contributed by atoms with Crippen molar-refractivity contribution >= 4 is 11.6 Å². The summed E-state index contributed by atoms with van der Waals surface area (Å²) >= 11 is 0. The number of nitrogens with two attached hydrogens (primary N) is 1. The molecule has 2 heterocycles. The summed E-state index contributed by atoms with van der Waals surface area (Å²) in [5.74, 6) is 5.78. The van der Waals surface area contributed by atoms with Crippen molar-refractivity contribution in [3.8, 4) is 0 Å². The van der Waals surface area contributed by atoms with E-state index in [0.29, 0.717) is 29.8 Å². The molecule has 1 aromatic heterocycles. The Hall–Kier alpha value is -1.66. The van der Waals surface area contributed by atoms with Crippen LogP contribution < -0.4 is 16.6 Å². The molecule has 1 amide bonds. The molecule has 20 heavy (non-hydrogen) atoms. The number of carbonyl (C=O) groups is 1. The molecule has 6 heteroatoms. The molecule has 110 valence electrons. The van der Waals surface area contributed by atoms with E-state index in [0.717, 1.165) is 19.5 Å². The van der Waals surface area contributed by atoms with Gasteiger partial charge in [-0.15, -0.1) is 0 Å². The van der Waals surface area contributed by atoms with Crippen LogP contribution in [0.15, 0.2) is 18.5 Å². The SMILES string of the molecule is CC(C)N1CCC(CNC(=O)c2cnccc2NN)C1. The summed E-state index contributed by atoms with van der Waals surface area (Å²) in [5.41, 5.74) is 3.59. The Balaban J connectivity index is 1.87. The number of nitrogens with zero attached hydrogens (tertiary/aromatic N) is 2. The van der Waals surface area contributed by atoms with Crippen molar-refractivity contribution in [2.75, 3.05) is 25.1 Å². The number of pyridine rings is 1. The molecule has 1 fully saturated rings. The number of amides is 1. The number of nitrogen functional groups attached to an aromatic ring is 1. The molecule has 2 rings (SSSR count). The molecular weight excluding hydrogens is 254 g/mol. The van der Waals surface area contributed by atoms with E-state index in [2.05, 4.69) is 34.5 Å². The van der Waals surface area contributed by atoms with Gasteiger partial charge in [-0.25, -0.2) is 0 Å². The van der Waals surface area contributed by atoms with Crippen LogP contribution in [0.4, 0.5) is 5.69 Å². The molecule has 0 aromatic carbocycles. The fourth-order valence-corrected chi connectivity index (χ4v) is 2.53. The van der Waals surface area contributed by atoms with Gasteiger partial charge in [0.1, 0.15) is 0 Å². The van der Waals surface area contributed by atoms with Crippen molar-refractivity contribution < 1.29 is 4.79 Å². The first-order valence-corrected chi connectivity index (χ1v) is 7.04. The molecule has 6 nitrogen and oxygen atoms in total. The van der Waals surface area contributed by atoms with Gasteiger partial charge < -0.3 is 15.6 Å². The monoisotopic (exact) mass is 277 g/mol. The van der Waals surface area contributed by atoms with E-state index in [9.17, 15) is 4.79 Å². The summed E-state index contributed by atoms with van der Waals surface area (Å²) in [4.78, 5) is 18.5. The van der Waals surface area contributed by atoms with Crippen LogP contribution in [0.2, 0.25) is 0 Å². The summed E-state index contributed by atoms with van der Waals surface area (Å²) in [6.45, 7) is 7.26. The van der Waals surface area contributed by atoms with Crippen molar-refractivity contribution in [2.24, 2.45) is 11.8 Å². The Labute approximate surface area is 119 Å². The third kappa shape index (κ3) is 3.46. The lowest BCUT2D eigenvalue weighted by Gasteiger charge is -2.20. The number of hydrogen-bond acceptors (Lipinski definition) is 5. The summed E-state index contributed by atoms with van der Waals surface area (Å²) in [7, 11) is 0. The van der Waals surface area contributed by atoms with E-state index in [1.807, 2.05) is 0 Å². The van der Waals surface area contributed by atoms with Crippen molar-refractivity contribution in [1.82, 2.24) is 15.2 Å². The minimum Gasteiger partial charge on any atom is -0.352 e. The lowest BCUT2D eigenvalue weighted by atomic mass is 10.1. The molecule has 0 spiro atoms. The van der Waals surface area contributed by atoms with Gasteiger partial charge in [0.15, 0.2) is 0 Å². The number of carbonyl (C=O) groups excluding carboxylic acids is 1. The Morgan fingerprint density at radius 1 is 1.60 bits per heavy atom. The normalized spacial score (nSPS) is 19.3. The number of nitrogens with one attached hydrogen (secondary N) is 2. The van der Waals surface area contributed by atoms with Crippen LogP contribution in [0.1, 0.15) is 30.6 Å². The minimum atomic E-state index is -0.131. The van der Waals surface area contributed by atoms with Crippen LogP contribution in [0.3, 0.4) is 0 Å². The van der Waals surface area contributed by atoms with Gasteiger partial charge in [0.25, 0.3) is 5.91 Å². The standard InChI is InChI=1S/C14H23N5O/c1-10(2)19-6-4-11(9-19)7-17-14(20)12-8-16-5-3-13(12)18-15/h3,5,8,10-11H,4,6-7,9,15H2,1-2H3,(H,16,18)(H,17,20). The molecule has 1 aliphatic rings. The quantitative estimate of drug-likeness (QED) is 0.548. The van der Waals surface area contributed by atoms with Gasteiger partial charge in [0.2, 0.25) is 0 Å². The summed E-state index contributed by atoms with van der Waals surface area (Å²) < 4.78 is 0. The molecule has 1 aliphatic heterocycles. The molecule has 1 atom stereocenters. The third-order valence-electron chi connectivity index (χ3n) is 3.82. The lowest BCUT2D eigenvalue weighted by molar-refractivity contribution is 0.0947. The van der Waals surface area contributed by atoms with Crippen LogP contribution in [0.25, 0.3) is 0 Å². The Morgan fingerprint density at radius 3 is 3.05 bits per heavy atom. The first-order valence-electron chi connectivity index (χ1n) is 7.04. The molecule has 0 radical (unpaired) electrons. The van der Waals surface area contributed by atoms with Gasteiger partial charge in [-0.1, -0.05) is 0 Å². The van der Waals surface area contributed by atoms with Crippen molar-refractivity contribution in [3.05, 3.63) is 24.0 Å². The smallest absolute Gasteiger partial charge is 0.255 e. The average Bonchev–Trinajstić information content (AvgIpc) is 2.94. The van der Waals surface area contributed by atoms with E-state index >= 15 is 0 Å². The number of rotatable bonds is 5. The molecule has 0 bridgehead atoms.